The zero-order valence-electron chi connectivity index (χ0n) is 17.4. The summed E-state index contributed by atoms with van der Waals surface area (Å²) in [5.41, 5.74) is 7.11. The van der Waals surface area contributed by atoms with Crippen molar-refractivity contribution in [1.29, 1.82) is 0 Å². The monoisotopic (exact) mass is 432 g/mol. The third kappa shape index (κ3) is 4.75. The molecule has 164 valence electrons. The van der Waals surface area contributed by atoms with Gasteiger partial charge in [0.05, 0.1) is 17.9 Å². The van der Waals surface area contributed by atoms with E-state index in [1.807, 2.05) is 41.2 Å². The number of hydrogen-bond donors (Lipinski definition) is 3. The summed E-state index contributed by atoms with van der Waals surface area (Å²) in [5, 5.41) is 10.6. The Kier molecular flexibility index (Phi) is 6.11. The van der Waals surface area contributed by atoms with Gasteiger partial charge in [-0.25, -0.2) is 4.98 Å². The number of nitrogens with one attached hydrogen (secondary N) is 2. The van der Waals surface area contributed by atoms with Gasteiger partial charge < -0.3 is 21.3 Å². The number of benzene rings is 1. The van der Waals surface area contributed by atoms with Crippen molar-refractivity contribution in [1.82, 2.24) is 24.6 Å². The summed E-state index contributed by atoms with van der Waals surface area (Å²) in [7, 11) is 0. The Morgan fingerprint density at radius 3 is 2.72 bits per heavy atom. The van der Waals surface area contributed by atoms with Gasteiger partial charge in [0.1, 0.15) is 11.4 Å². The van der Waals surface area contributed by atoms with E-state index in [-0.39, 0.29) is 17.5 Å². The summed E-state index contributed by atoms with van der Waals surface area (Å²) in [4.78, 5) is 34.1. The summed E-state index contributed by atoms with van der Waals surface area (Å²) >= 11 is 0. The Bertz CT molecular complexity index is 1130. The zero-order valence-corrected chi connectivity index (χ0v) is 17.4. The molecule has 10 heteroatoms. The van der Waals surface area contributed by atoms with Crippen LogP contribution >= 0.6 is 0 Å². The van der Waals surface area contributed by atoms with Crippen molar-refractivity contribution < 1.29 is 9.59 Å². The summed E-state index contributed by atoms with van der Waals surface area (Å²) in [6, 6.07) is 9.43. The zero-order chi connectivity index (χ0) is 22.5. The highest BCUT2D eigenvalue weighted by Gasteiger charge is 2.24. The van der Waals surface area contributed by atoms with Crippen LogP contribution in [0.15, 0.2) is 61.6 Å². The van der Waals surface area contributed by atoms with E-state index in [1.165, 1.54) is 12.3 Å². The Balaban J connectivity index is 1.50. The lowest BCUT2D eigenvalue weighted by molar-refractivity contribution is -0.127. The molecule has 0 aliphatic carbocycles. The van der Waals surface area contributed by atoms with Crippen molar-refractivity contribution in [3.8, 4) is 0 Å². The molecule has 1 unspecified atom stereocenters. The molecule has 0 saturated carbocycles. The van der Waals surface area contributed by atoms with Crippen molar-refractivity contribution in [2.45, 2.75) is 18.9 Å². The molecule has 10 nitrogen and oxygen atoms in total. The van der Waals surface area contributed by atoms with Crippen molar-refractivity contribution >= 4 is 35.0 Å². The number of para-hydroxylation sites is 1. The van der Waals surface area contributed by atoms with Gasteiger partial charge in [0.15, 0.2) is 0 Å². The quantitative estimate of drug-likeness (QED) is 0.489. The van der Waals surface area contributed by atoms with E-state index in [9.17, 15) is 9.59 Å². The van der Waals surface area contributed by atoms with E-state index in [1.54, 1.807) is 11.1 Å². The van der Waals surface area contributed by atoms with Gasteiger partial charge in [-0.3, -0.25) is 14.3 Å². The molecule has 0 spiro atoms. The molecule has 1 aliphatic rings. The van der Waals surface area contributed by atoms with Crippen LogP contribution in [0, 0.1) is 0 Å². The number of hydrogen-bond acceptors (Lipinski definition) is 7. The molecular weight excluding hydrogens is 408 g/mol. The SMILES string of the molecule is C=CC(=O)N1CCCC(n2cc(Nc3ncc(C(N)=O)c(Nc4ccccc4)n3)cn2)C1. The van der Waals surface area contributed by atoms with Gasteiger partial charge in [0.25, 0.3) is 5.91 Å². The van der Waals surface area contributed by atoms with Crippen LogP contribution in [0.1, 0.15) is 29.2 Å². The maximum Gasteiger partial charge on any atom is 0.254 e. The van der Waals surface area contributed by atoms with Crippen LogP contribution in [0.5, 0.6) is 0 Å². The van der Waals surface area contributed by atoms with Crippen molar-refractivity contribution in [3.05, 3.63) is 67.1 Å². The smallest absolute Gasteiger partial charge is 0.254 e. The molecule has 1 saturated heterocycles. The van der Waals surface area contributed by atoms with Crippen molar-refractivity contribution in [3.63, 3.8) is 0 Å². The molecule has 3 aromatic rings. The molecule has 32 heavy (non-hydrogen) atoms. The Labute approximate surface area is 185 Å². The lowest BCUT2D eigenvalue weighted by Gasteiger charge is -2.32. The van der Waals surface area contributed by atoms with Crippen LogP contribution in [-0.4, -0.2) is 49.6 Å². The number of carbonyl (C=O) groups is 2. The second-order valence-corrected chi connectivity index (χ2v) is 7.43. The summed E-state index contributed by atoms with van der Waals surface area (Å²) in [6.45, 7) is 4.87. The van der Waals surface area contributed by atoms with E-state index in [4.69, 9.17) is 5.73 Å². The van der Waals surface area contributed by atoms with Crippen LogP contribution < -0.4 is 16.4 Å². The fourth-order valence-corrected chi connectivity index (χ4v) is 3.61. The molecule has 3 heterocycles. The van der Waals surface area contributed by atoms with Crippen molar-refractivity contribution in [2.75, 3.05) is 23.7 Å². The first kappa shape index (κ1) is 21.0. The summed E-state index contributed by atoms with van der Waals surface area (Å²) in [6.07, 6.45) is 8.07. The number of amides is 2. The minimum atomic E-state index is -0.626. The molecule has 2 aromatic heterocycles. The number of carbonyl (C=O) groups excluding carboxylic acids is 2. The Morgan fingerprint density at radius 1 is 1.16 bits per heavy atom. The molecule has 4 N–H and O–H groups in total. The highest BCUT2D eigenvalue weighted by atomic mass is 16.2. The number of piperidine rings is 1. The van der Waals surface area contributed by atoms with Crippen LogP contribution in [-0.2, 0) is 4.79 Å². The molecule has 1 aliphatic heterocycles. The predicted molar refractivity (Wildman–Crippen MR) is 121 cm³/mol. The van der Waals surface area contributed by atoms with Gasteiger partial charge in [-0.15, -0.1) is 0 Å². The number of rotatable bonds is 7. The largest absolute Gasteiger partial charge is 0.365 e. The highest BCUT2D eigenvalue weighted by Crippen LogP contribution is 2.24. The number of nitrogens with two attached hydrogens (primary N) is 1. The average molecular weight is 432 g/mol. The molecule has 1 fully saturated rings. The normalized spacial score (nSPS) is 15.8. The second kappa shape index (κ2) is 9.29. The predicted octanol–water partition coefficient (Wildman–Crippen LogP) is 2.61. The first-order chi connectivity index (χ1) is 15.5. The standard InChI is InChI=1S/C22H24N8O2/c1-2-19(31)29-10-6-9-17(14-29)30-13-16(11-25-30)27-22-24-12-18(20(23)32)21(28-22)26-15-7-4-3-5-8-15/h2-5,7-8,11-13,17H,1,6,9-10,14H2,(H2,23,32)(H2,24,26,27,28). The van der Waals surface area contributed by atoms with Gasteiger partial charge in [-0.05, 0) is 31.1 Å². The Morgan fingerprint density at radius 2 is 1.97 bits per heavy atom. The van der Waals surface area contributed by atoms with Crippen LogP contribution in [0.3, 0.4) is 0 Å². The third-order valence-electron chi connectivity index (χ3n) is 5.21. The van der Waals surface area contributed by atoms with Crippen molar-refractivity contribution in [2.24, 2.45) is 5.73 Å². The molecule has 0 radical (unpaired) electrons. The lowest BCUT2D eigenvalue weighted by atomic mass is 10.1. The fraction of sp³-hybridized carbons (Fsp3) is 0.227. The number of anilines is 4. The van der Waals surface area contributed by atoms with E-state index >= 15 is 0 Å². The van der Waals surface area contributed by atoms with Crippen LogP contribution in [0.25, 0.3) is 0 Å². The summed E-state index contributed by atoms with van der Waals surface area (Å²) in [5.74, 6) is -0.0974. The first-order valence-corrected chi connectivity index (χ1v) is 10.2. The fourth-order valence-electron chi connectivity index (χ4n) is 3.61. The minimum absolute atomic E-state index is 0.0680. The van der Waals surface area contributed by atoms with E-state index in [0.717, 1.165) is 25.1 Å². The molecule has 1 aromatic carbocycles. The second-order valence-electron chi connectivity index (χ2n) is 7.43. The molecule has 2 amide bonds. The average Bonchev–Trinajstić information content (AvgIpc) is 3.28. The topological polar surface area (TPSA) is 131 Å². The maximum atomic E-state index is 11.9. The molecular formula is C22H24N8O2. The minimum Gasteiger partial charge on any atom is -0.365 e. The number of aromatic nitrogens is 4. The van der Waals surface area contributed by atoms with Gasteiger partial charge >= 0.3 is 0 Å². The van der Waals surface area contributed by atoms with Gasteiger partial charge in [0.2, 0.25) is 11.9 Å². The maximum absolute atomic E-state index is 11.9. The summed E-state index contributed by atoms with van der Waals surface area (Å²) < 4.78 is 1.84. The first-order valence-electron chi connectivity index (χ1n) is 10.2. The molecule has 1 atom stereocenters. The lowest BCUT2D eigenvalue weighted by Crippen LogP contribution is -2.39. The number of primary amides is 1. The number of likely N-dealkylation sites (tertiary alicyclic amines) is 1. The van der Waals surface area contributed by atoms with E-state index in [2.05, 4.69) is 32.3 Å². The molecule has 4 rings (SSSR count). The highest BCUT2D eigenvalue weighted by molar-refractivity contribution is 5.98. The van der Waals surface area contributed by atoms with E-state index < -0.39 is 5.91 Å². The Hall–Kier alpha value is -4.21. The van der Waals surface area contributed by atoms with Gasteiger partial charge in [0, 0.05) is 31.2 Å². The third-order valence-corrected chi connectivity index (χ3v) is 5.21. The van der Waals surface area contributed by atoms with Gasteiger partial charge in [-0.2, -0.15) is 10.1 Å². The van der Waals surface area contributed by atoms with E-state index in [0.29, 0.717) is 24.0 Å². The van der Waals surface area contributed by atoms with Gasteiger partial charge in [-0.1, -0.05) is 24.8 Å². The molecule has 0 bridgehead atoms. The number of nitrogens with zero attached hydrogens (tertiary/aromatic N) is 5. The van der Waals surface area contributed by atoms with Crippen LogP contribution in [0.4, 0.5) is 23.1 Å². The van der Waals surface area contributed by atoms with Crippen LogP contribution in [0.2, 0.25) is 0 Å².